The van der Waals surface area contributed by atoms with Crippen LogP contribution in [-0.4, -0.2) is 47.7 Å². The lowest BCUT2D eigenvalue weighted by Gasteiger charge is -2.40. The summed E-state index contributed by atoms with van der Waals surface area (Å²) in [6.07, 6.45) is 0.568. The van der Waals surface area contributed by atoms with Crippen molar-refractivity contribution < 1.29 is 9.90 Å². The van der Waals surface area contributed by atoms with E-state index in [1.165, 1.54) is 0 Å². The van der Waals surface area contributed by atoms with Crippen LogP contribution in [0.2, 0.25) is 0 Å². The molecule has 4 heteroatoms. The first kappa shape index (κ1) is 16.4. The van der Waals surface area contributed by atoms with Gasteiger partial charge in [-0.3, -0.25) is 4.79 Å². The highest BCUT2D eigenvalue weighted by Crippen LogP contribution is 2.21. The first-order valence-electron chi connectivity index (χ1n) is 7.50. The van der Waals surface area contributed by atoms with Gasteiger partial charge < -0.3 is 15.3 Å². The Balaban J connectivity index is 2.62. The zero-order valence-corrected chi connectivity index (χ0v) is 13.0. The Kier molecular flexibility index (Phi) is 6.27. The average Bonchev–Trinajstić information content (AvgIpc) is 2.27. The van der Waals surface area contributed by atoms with E-state index >= 15 is 0 Å². The Bertz CT molecular complexity index is 290. The van der Waals surface area contributed by atoms with Gasteiger partial charge in [0.25, 0.3) is 0 Å². The second kappa shape index (κ2) is 7.25. The first-order valence-corrected chi connectivity index (χ1v) is 7.50. The lowest BCUT2D eigenvalue weighted by Crippen LogP contribution is -2.53. The van der Waals surface area contributed by atoms with Gasteiger partial charge in [0.1, 0.15) is 0 Å². The molecule has 0 aromatic rings. The van der Waals surface area contributed by atoms with Crippen LogP contribution in [0.3, 0.4) is 0 Å². The van der Waals surface area contributed by atoms with Crippen LogP contribution in [0.5, 0.6) is 0 Å². The molecule has 0 radical (unpaired) electrons. The molecular weight excluding hydrogens is 240 g/mol. The molecule has 0 aliphatic carbocycles. The van der Waals surface area contributed by atoms with Gasteiger partial charge in [0, 0.05) is 31.6 Å². The lowest BCUT2D eigenvalue weighted by molar-refractivity contribution is -0.125. The van der Waals surface area contributed by atoms with Crippen molar-refractivity contribution in [3.8, 4) is 0 Å². The van der Waals surface area contributed by atoms with Crippen LogP contribution >= 0.6 is 0 Å². The van der Waals surface area contributed by atoms with Crippen molar-refractivity contribution in [2.24, 2.45) is 17.8 Å². The summed E-state index contributed by atoms with van der Waals surface area (Å²) >= 11 is 0. The molecular formula is C15H30N2O2. The van der Waals surface area contributed by atoms with Crippen molar-refractivity contribution in [2.45, 2.75) is 53.2 Å². The molecule has 1 fully saturated rings. The number of nitrogens with zero attached hydrogens (tertiary/aromatic N) is 1. The molecule has 2 N–H and O–H groups in total. The highest BCUT2D eigenvalue weighted by atomic mass is 16.3. The van der Waals surface area contributed by atoms with Gasteiger partial charge in [-0.05, 0) is 25.2 Å². The van der Waals surface area contributed by atoms with Gasteiger partial charge in [-0.25, -0.2) is 0 Å². The van der Waals surface area contributed by atoms with Crippen molar-refractivity contribution >= 4 is 5.91 Å². The maximum absolute atomic E-state index is 11.8. The van der Waals surface area contributed by atoms with Crippen LogP contribution < -0.4 is 5.32 Å². The minimum Gasteiger partial charge on any atom is -0.393 e. The molecule has 0 aromatic carbocycles. The fraction of sp³-hybridized carbons (Fsp3) is 0.933. The number of carbonyl (C=O) groups excluding carboxylic acids is 1. The van der Waals surface area contributed by atoms with Gasteiger partial charge in [-0.1, -0.05) is 27.7 Å². The summed E-state index contributed by atoms with van der Waals surface area (Å²) in [7, 11) is 0. The number of hydrogen-bond acceptors (Lipinski definition) is 3. The van der Waals surface area contributed by atoms with Crippen LogP contribution in [-0.2, 0) is 4.79 Å². The molecule has 0 saturated carbocycles. The number of carbonyl (C=O) groups is 1. The zero-order chi connectivity index (χ0) is 14.6. The number of hydrogen-bond donors (Lipinski definition) is 2. The molecule has 1 aliphatic rings. The van der Waals surface area contributed by atoms with Gasteiger partial charge in [-0.2, -0.15) is 0 Å². The smallest absolute Gasteiger partial charge is 0.222 e. The summed E-state index contributed by atoms with van der Waals surface area (Å²) < 4.78 is 0. The molecule has 1 heterocycles. The number of aliphatic hydroxyl groups is 1. The maximum Gasteiger partial charge on any atom is 0.222 e. The van der Waals surface area contributed by atoms with Crippen LogP contribution in [0, 0.1) is 17.8 Å². The van der Waals surface area contributed by atoms with Gasteiger partial charge in [-0.15, -0.1) is 0 Å². The second-order valence-corrected chi connectivity index (χ2v) is 6.71. The summed E-state index contributed by atoms with van der Waals surface area (Å²) in [6, 6.07) is 0.169. The fourth-order valence-electron chi connectivity index (χ4n) is 2.72. The van der Waals surface area contributed by atoms with E-state index in [-0.39, 0.29) is 29.9 Å². The topological polar surface area (TPSA) is 52.6 Å². The van der Waals surface area contributed by atoms with Gasteiger partial charge in [0.05, 0.1) is 6.10 Å². The Labute approximate surface area is 117 Å². The van der Waals surface area contributed by atoms with E-state index in [2.05, 4.69) is 24.1 Å². The summed E-state index contributed by atoms with van der Waals surface area (Å²) in [5.41, 5.74) is 0. The number of aliphatic hydroxyl groups excluding tert-OH is 1. The van der Waals surface area contributed by atoms with Gasteiger partial charge >= 0.3 is 0 Å². The van der Waals surface area contributed by atoms with Crippen molar-refractivity contribution in [1.29, 1.82) is 0 Å². The summed E-state index contributed by atoms with van der Waals surface area (Å²) in [6.45, 7) is 12.9. The predicted octanol–water partition coefficient (Wildman–Crippen LogP) is 1.49. The van der Waals surface area contributed by atoms with E-state index in [1.807, 2.05) is 20.8 Å². The Morgan fingerprint density at radius 1 is 1.26 bits per heavy atom. The number of rotatable bonds is 5. The molecule has 112 valence electrons. The average molecular weight is 270 g/mol. The third kappa shape index (κ3) is 5.49. The molecule has 0 aromatic heterocycles. The predicted molar refractivity (Wildman–Crippen MR) is 77.8 cm³/mol. The third-order valence-electron chi connectivity index (χ3n) is 3.73. The molecule has 1 amide bonds. The van der Waals surface area contributed by atoms with Crippen LogP contribution in [0.15, 0.2) is 0 Å². The molecule has 4 nitrogen and oxygen atoms in total. The number of amides is 1. The zero-order valence-electron chi connectivity index (χ0n) is 13.0. The number of nitrogens with one attached hydrogen (secondary N) is 1. The molecule has 3 unspecified atom stereocenters. The Hall–Kier alpha value is -0.610. The van der Waals surface area contributed by atoms with Crippen molar-refractivity contribution in [2.75, 3.05) is 19.6 Å². The summed E-state index contributed by atoms with van der Waals surface area (Å²) in [4.78, 5) is 14.2. The van der Waals surface area contributed by atoms with E-state index in [0.29, 0.717) is 5.92 Å². The molecule has 1 saturated heterocycles. The summed E-state index contributed by atoms with van der Waals surface area (Å²) in [5, 5.41) is 13.0. The minimum atomic E-state index is -0.312. The first-order chi connectivity index (χ1) is 8.79. The molecule has 19 heavy (non-hydrogen) atoms. The fourth-order valence-corrected chi connectivity index (χ4v) is 2.72. The van der Waals surface area contributed by atoms with E-state index in [9.17, 15) is 9.90 Å². The molecule has 3 atom stereocenters. The quantitative estimate of drug-likeness (QED) is 0.796. The van der Waals surface area contributed by atoms with Crippen molar-refractivity contribution in [1.82, 2.24) is 10.2 Å². The monoisotopic (exact) mass is 270 g/mol. The lowest BCUT2D eigenvalue weighted by atomic mass is 9.89. The highest BCUT2D eigenvalue weighted by Gasteiger charge is 2.31. The number of likely N-dealkylation sites (tertiary alicyclic amines) is 1. The van der Waals surface area contributed by atoms with Gasteiger partial charge in [0.2, 0.25) is 5.91 Å². The Morgan fingerprint density at radius 3 is 2.37 bits per heavy atom. The minimum absolute atomic E-state index is 0.0190. The molecule has 1 rings (SSSR count). The SMILES string of the molecule is CC(C)CN1CC(NC(=O)C(C)C)CC(C(C)O)C1. The van der Waals surface area contributed by atoms with Crippen molar-refractivity contribution in [3.63, 3.8) is 0 Å². The normalized spacial score (nSPS) is 26.7. The van der Waals surface area contributed by atoms with Crippen LogP contribution in [0.1, 0.15) is 41.0 Å². The van der Waals surface area contributed by atoms with Crippen molar-refractivity contribution in [3.05, 3.63) is 0 Å². The molecule has 0 bridgehead atoms. The largest absolute Gasteiger partial charge is 0.393 e. The van der Waals surface area contributed by atoms with Crippen LogP contribution in [0.4, 0.5) is 0 Å². The second-order valence-electron chi connectivity index (χ2n) is 6.71. The number of piperidine rings is 1. The third-order valence-corrected chi connectivity index (χ3v) is 3.73. The maximum atomic E-state index is 11.8. The highest BCUT2D eigenvalue weighted by molar-refractivity contribution is 5.78. The Morgan fingerprint density at radius 2 is 1.89 bits per heavy atom. The van der Waals surface area contributed by atoms with E-state index in [4.69, 9.17) is 0 Å². The van der Waals surface area contributed by atoms with Gasteiger partial charge in [0.15, 0.2) is 0 Å². The summed E-state index contributed by atoms with van der Waals surface area (Å²) in [5.74, 6) is 0.991. The molecule has 0 spiro atoms. The van der Waals surface area contributed by atoms with Crippen LogP contribution in [0.25, 0.3) is 0 Å². The van der Waals surface area contributed by atoms with E-state index in [0.717, 1.165) is 26.1 Å². The standard InChI is InChI=1S/C15H30N2O2/c1-10(2)7-17-8-13(12(5)18)6-14(9-17)16-15(19)11(3)4/h10-14,18H,6-9H2,1-5H3,(H,16,19). The van der Waals surface area contributed by atoms with E-state index in [1.54, 1.807) is 0 Å². The molecule has 1 aliphatic heterocycles. The van der Waals surface area contributed by atoms with E-state index < -0.39 is 0 Å².